The molecule has 0 saturated carbocycles. The Hall–Kier alpha value is -3.08. The Balaban J connectivity index is 2.14. The van der Waals surface area contributed by atoms with Crippen LogP contribution in [0.3, 0.4) is 0 Å². The number of rotatable bonds is 6. The lowest BCUT2D eigenvalue weighted by Crippen LogP contribution is -2.62. The van der Waals surface area contributed by atoms with Gasteiger partial charge in [0.1, 0.15) is 0 Å². The first kappa shape index (κ1) is 24.6. The van der Waals surface area contributed by atoms with E-state index in [4.69, 9.17) is 0 Å². The fourth-order valence-electron chi connectivity index (χ4n) is 3.65. The first-order valence-electron chi connectivity index (χ1n) is 9.45. The number of halogens is 6. The summed E-state index contributed by atoms with van der Waals surface area (Å²) in [4.78, 5) is 24.1. The van der Waals surface area contributed by atoms with E-state index in [9.17, 15) is 41.0 Å². The molecule has 0 spiro atoms. The average molecular weight is 488 g/mol. The molecule has 0 bridgehead atoms. The van der Waals surface area contributed by atoms with E-state index >= 15 is 0 Å². The summed E-state index contributed by atoms with van der Waals surface area (Å²) in [6.45, 7) is 0.997. The van der Waals surface area contributed by atoms with E-state index in [-0.39, 0.29) is 6.07 Å². The molecular weight excluding hydrogens is 472 g/mol. The van der Waals surface area contributed by atoms with E-state index in [1.807, 2.05) is 0 Å². The van der Waals surface area contributed by atoms with Crippen LogP contribution in [0.15, 0.2) is 47.8 Å². The van der Waals surface area contributed by atoms with Crippen LogP contribution in [0.25, 0.3) is 10.1 Å². The fraction of sp³-hybridized carbons (Fsp3) is 0.273. The number of thiophene rings is 1. The van der Waals surface area contributed by atoms with Gasteiger partial charge in [0.05, 0.1) is 22.6 Å². The first-order chi connectivity index (χ1) is 15.2. The first-order valence-corrected chi connectivity index (χ1v) is 10.3. The van der Waals surface area contributed by atoms with Crippen molar-refractivity contribution in [1.29, 1.82) is 0 Å². The van der Waals surface area contributed by atoms with Crippen LogP contribution in [0.5, 0.6) is 0 Å². The predicted molar refractivity (Wildman–Crippen MR) is 107 cm³/mol. The van der Waals surface area contributed by atoms with Crippen LogP contribution in [0, 0.1) is 0 Å². The molecule has 3 rings (SSSR count). The molecule has 0 aliphatic rings. The number of benzene rings is 2. The monoisotopic (exact) mass is 488 g/mol. The van der Waals surface area contributed by atoms with Crippen molar-refractivity contribution in [3.05, 3.63) is 70.1 Å². The Kier molecular flexibility index (Phi) is 6.47. The Labute approximate surface area is 187 Å². The molecule has 1 heterocycles. The number of hydrogen-bond acceptors (Lipinski definition) is 4. The van der Waals surface area contributed by atoms with Gasteiger partial charge in [-0.05, 0) is 46.2 Å². The van der Waals surface area contributed by atoms with Gasteiger partial charge in [0, 0.05) is 24.5 Å². The normalized spacial score (nSPS) is 14.2. The summed E-state index contributed by atoms with van der Waals surface area (Å²) in [6.07, 6.45) is -11.5. The highest BCUT2D eigenvalue weighted by atomic mass is 32.1. The maximum atomic E-state index is 13.3. The molecule has 1 atom stereocenters. The molecule has 1 aromatic heterocycles. The molecule has 11 heteroatoms. The maximum Gasteiger partial charge on any atom is 0.416 e. The highest BCUT2D eigenvalue weighted by molar-refractivity contribution is 7.17. The predicted octanol–water partition coefficient (Wildman–Crippen LogP) is 4.35. The second-order valence-corrected chi connectivity index (χ2v) is 8.49. The van der Waals surface area contributed by atoms with Crippen molar-refractivity contribution in [2.75, 3.05) is 0 Å². The molecule has 0 fully saturated rings. The molecule has 0 radical (unpaired) electrons. The lowest BCUT2D eigenvalue weighted by atomic mass is 9.83. The third-order valence-electron chi connectivity index (χ3n) is 5.01. The molecule has 1 unspecified atom stereocenters. The van der Waals surface area contributed by atoms with Crippen molar-refractivity contribution in [3.8, 4) is 0 Å². The molecule has 176 valence electrons. The maximum absolute atomic E-state index is 13.3. The van der Waals surface area contributed by atoms with Gasteiger partial charge in [0.25, 0.3) is 0 Å². The number of aliphatic carboxylic acids is 1. The third kappa shape index (κ3) is 5.47. The van der Waals surface area contributed by atoms with Gasteiger partial charge in [-0.15, -0.1) is 11.3 Å². The second kappa shape index (κ2) is 8.69. The number of carboxylic acid groups (broad SMARTS) is 1. The van der Waals surface area contributed by atoms with Crippen molar-refractivity contribution >= 4 is 33.3 Å². The van der Waals surface area contributed by atoms with Crippen LogP contribution in [-0.2, 0) is 34.8 Å². The summed E-state index contributed by atoms with van der Waals surface area (Å²) < 4.78 is 80.3. The molecule has 1 N–H and O–H groups in total. The van der Waals surface area contributed by atoms with Gasteiger partial charge in [-0.25, -0.2) is 0 Å². The van der Waals surface area contributed by atoms with E-state index < -0.39 is 59.3 Å². The lowest BCUT2D eigenvalue weighted by molar-refractivity contribution is -0.314. The molecule has 1 amide bonds. The SMILES string of the molecule is CC(=O)NC(Cc1cc(C(F)(F)F)cc(C(F)(F)F)c1)(Cc1csc2ccccc12)C(=O)[O-]. The smallest absolute Gasteiger partial charge is 0.416 e. The van der Waals surface area contributed by atoms with Gasteiger partial charge < -0.3 is 15.2 Å². The van der Waals surface area contributed by atoms with E-state index in [2.05, 4.69) is 5.32 Å². The number of carbonyl (C=O) groups is 2. The van der Waals surface area contributed by atoms with E-state index in [1.165, 1.54) is 11.3 Å². The average Bonchev–Trinajstić information content (AvgIpc) is 3.08. The zero-order valence-corrected chi connectivity index (χ0v) is 17.8. The molecule has 0 saturated heterocycles. The zero-order chi connectivity index (χ0) is 24.6. The fourth-order valence-corrected chi connectivity index (χ4v) is 4.61. The van der Waals surface area contributed by atoms with Gasteiger partial charge >= 0.3 is 12.4 Å². The summed E-state index contributed by atoms with van der Waals surface area (Å²) in [5.74, 6) is -2.67. The third-order valence-corrected chi connectivity index (χ3v) is 6.03. The highest BCUT2D eigenvalue weighted by Gasteiger charge is 2.39. The summed E-state index contributed by atoms with van der Waals surface area (Å²) in [7, 11) is 0. The van der Waals surface area contributed by atoms with Gasteiger partial charge in [-0.2, -0.15) is 26.3 Å². The topological polar surface area (TPSA) is 69.2 Å². The molecule has 0 aliphatic carbocycles. The number of fused-ring (bicyclic) bond motifs is 1. The second-order valence-electron chi connectivity index (χ2n) is 7.58. The quantitative estimate of drug-likeness (QED) is 0.525. The van der Waals surface area contributed by atoms with Crippen molar-refractivity contribution in [3.63, 3.8) is 0 Å². The van der Waals surface area contributed by atoms with E-state index in [0.29, 0.717) is 23.1 Å². The summed E-state index contributed by atoms with van der Waals surface area (Å²) >= 11 is 1.28. The standard InChI is InChI=1S/C22H17F6NO3S/c1-12(30)29-20(19(31)32,10-14-11-33-18-5-3-2-4-17(14)18)9-13-6-15(21(23,24)25)8-16(7-13)22(26,27)28/h2-8,11H,9-10H2,1H3,(H,29,30)(H,31,32)/p-1. The number of alkyl halides is 6. The van der Waals surface area contributed by atoms with E-state index in [1.54, 1.807) is 29.6 Å². The molecule has 4 nitrogen and oxygen atoms in total. The Morgan fingerprint density at radius 1 is 0.939 bits per heavy atom. The van der Waals surface area contributed by atoms with Gasteiger partial charge in [0.2, 0.25) is 5.91 Å². The van der Waals surface area contributed by atoms with Crippen molar-refractivity contribution in [2.24, 2.45) is 0 Å². The number of carbonyl (C=O) groups excluding carboxylic acids is 2. The van der Waals surface area contributed by atoms with Gasteiger partial charge in [-0.3, -0.25) is 4.79 Å². The number of nitrogens with one attached hydrogen (secondary N) is 1. The highest BCUT2D eigenvalue weighted by Crippen LogP contribution is 2.37. The van der Waals surface area contributed by atoms with Gasteiger partial charge in [-0.1, -0.05) is 18.2 Å². The number of hydrogen-bond donors (Lipinski definition) is 1. The summed E-state index contributed by atoms with van der Waals surface area (Å²) in [5.41, 5.74) is -5.55. The summed E-state index contributed by atoms with van der Waals surface area (Å²) in [6, 6.07) is 7.76. The minimum absolute atomic E-state index is 0.0466. The van der Waals surface area contributed by atoms with Crippen LogP contribution in [0.4, 0.5) is 26.3 Å². The Morgan fingerprint density at radius 3 is 2.03 bits per heavy atom. The van der Waals surface area contributed by atoms with Crippen LogP contribution in [0.2, 0.25) is 0 Å². The van der Waals surface area contributed by atoms with Crippen LogP contribution in [0.1, 0.15) is 29.2 Å². The van der Waals surface area contributed by atoms with E-state index in [0.717, 1.165) is 11.6 Å². The van der Waals surface area contributed by atoms with Gasteiger partial charge in [0.15, 0.2) is 0 Å². The molecule has 2 aromatic carbocycles. The van der Waals surface area contributed by atoms with Crippen LogP contribution >= 0.6 is 11.3 Å². The zero-order valence-electron chi connectivity index (χ0n) is 16.9. The molecule has 3 aromatic rings. The molecule has 0 aliphatic heterocycles. The minimum atomic E-state index is -5.10. The molecular formula is C22H16F6NO3S-. The van der Waals surface area contributed by atoms with Crippen molar-refractivity contribution in [1.82, 2.24) is 5.32 Å². The van der Waals surface area contributed by atoms with Crippen LogP contribution in [-0.4, -0.2) is 17.4 Å². The minimum Gasteiger partial charge on any atom is -0.548 e. The van der Waals surface area contributed by atoms with Crippen LogP contribution < -0.4 is 10.4 Å². The molecule has 33 heavy (non-hydrogen) atoms. The lowest BCUT2D eigenvalue weighted by Gasteiger charge is -2.36. The Bertz CT molecular complexity index is 1170. The number of amides is 1. The largest absolute Gasteiger partial charge is 0.548 e. The number of carboxylic acids is 1. The summed E-state index contributed by atoms with van der Waals surface area (Å²) in [5, 5.41) is 16.7. The van der Waals surface area contributed by atoms with Crippen molar-refractivity contribution < 1.29 is 41.0 Å². The Morgan fingerprint density at radius 2 is 1.52 bits per heavy atom. The van der Waals surface area contributed by atoms with Crippen molar-refractivity contribution in [2.45, 2.75) is 37.7 Å².